The molecule has 0 aliphatic heterocycles. The van der Waals surface area contributed by atoms with Crippen molar-refractivity contribution in [2.24, 2.45) is 0 Å². The highest BCUT2D eigenvalue weighted by Gasteiger charge is 2.12. The molecule has 2 aromatic carbocycles. The number of benzene rings is 2. The lowest BCUT2D eigenvalue weighted by molar-refractivity contribution is 0.102. The van der Waals surface area contributed by atoms with Gasteiger partial charge < -0.3 is 5.32 Å². The lowest BCUT2D eigenvalue weighted by atomic mass is 10.2. The minimum absolute atomic E-state index is 0.150. The van der Waals surface area contributed by atoms with E-state index >= 15 is 0 Å². The molecule has 0 saturated carbocycles. The quantitative estimate of drug-likeness (QED) is 0.377. The fraction of sp³-hybridized carbons (Fsp3) is 0.182. The van der Waals surface area contributed by atoms with Crippen molar-refractivity contribution in [1.29, 1.82) is 0 Å². The number of nitrogens with one attached hydrogen (secondary N) is 1. The molecule has 7 nitrogen and oxygen atoms in total. The molecule has 0 radical (unpaired) electrons. The van der Waals surface area contributed by atoms with Crippen LogP contribution in [-0.2, 0) is 12.3 Å². The zero-order chi connectivity index (χ0) is 21.8. The molecule has 158 valence electrons. The number of carbonyl (C=O) groups excluding carboxylic acids is 1. The van der Waals surface area contributed by atoms with Crippen LogP contribution in [0.25, 0.3) is 5.78 Å². The van der Waals surface area contributed by atoms with E-state index in [0.717, 1.165) is 15.8 Å². The summed E-state index contributed by atoms with van der Waals surface area (Å²) in [4.78, 5) is 34.8. The van der Waals surface area contributed by atoms with E-state index in [-0.39, 0.29) is 11.5 Å². The summed E-state index contributed by atoms with van der Waals surface area (Å²) < 4.78 is 4.18. The minimum Gasteiger partial charge on any atom is -0.321 e. The predicted octanol–water partition coefficient (Wildman–Crippen LogP) is 4.61. The first kappa shape index (κ1) is 21.3. The molecule has 1 N–H and O–H groups in total. The van der Waals surface area contributed by atoms with Crippen LogP contribution >= 0.6 is 27.7 Å². The van der Waals surface area contributed by atoms with Crippen LogP contribution in [0.1, 0.15) is 29.4 Å². The van der Waals surface area contributed by atoms with Gasteiger partial charge in [-0.25, -0.2) is 4.98 Å². The second-order valence-corrected chi connectivity index (χ2v) is 8.78. The van der Waals surface area contributed by atoms with Crippen molar-refractivity contribution in [2.45, 2.75) is 30.5 Å². The molecule has 0 unspecified atom stereocenters. The molecule has 0 saturated heterocycles. The van der Waals surface area contributed by atoms with E-state index in [2.05, 4.69) is 31.2 Å². The van der Waals surface area contributed by atoms with Crippen molar-refractivity contribution in [2.75, 3.05) is 5.32 Å². The number of amides is 1. The number of hydrogen-bond donors (Lipinski definition) is 1. The molecule has 0 aliphatic carbocycles. The lowest BCUT2D eigenvalue weighted by Crippen LogP contribution is -2.21. The Kier molecular flexibility index (Phi) is 6.53. The summed E-state index contributed by atoms with van der Waals surface area (Å²) in [7, 11) is 0. The number of aromatic nitrogens is 4. The first-order valence-electron chi connectivity index (χ1n) is 9.78. The summed E-state index contributed by atoms with van der Waals surface area (Å²) in [5.41, 5.74) is 1.78. The Balaban J connectivity index is 1.51. The first-order chi connectivity index (χ1) is 15.0. The maximum atomic E-state index is 12.6. The monoisotopic (exact) mass is 497 g/mol. The van der Waals surface area contributed by atoms with Crippen molar-refractivity contribution in [1.82, 2.24) is 19.2 Å². The van der Waals surface area contributed by atoms with Crippen molar-refractivity contribution >= 4 is 45.1 Å². The van der Waals surface area contributed by atoms with Crippen LogP contribution in [0.3, 0.4) is 0 Å². The predicted molar refractivity (Wildman–Crippen MR) is 126 cm³/mol. The van der Waals surface area contributed by atoms with Gasteiger partial charge in [-0.05, 0) is 42.8 Å². The standard InChI is InChI=1S/C22H20BrN5O2S/c1-2-11-27-14-24-22-25-17(12-20(29)28(22)27)13-31-19-6-4-3-5-18(19)26-21(30)15-7-9-16(23)10-8-15/h3-10,12,14H,2,11,13H2,1H3,(H,26,30). The van der Waals surface area contributed by atoms with E-state index in [1.165, 1.54) is 22.3 Å². The molecule has 0 bridgehead atoms. The average Bonchev–Trinajstić information content (AvgIpc) is 3.17. The first-order valence-corrected chi connectivity index (χ1v) is 11.6. The van der Waals surface area contributed by atoms with Gasteiger partial charge in [0.1, 0.15) is 6.33 Å². The van der Waals surface area contributed by atoms with Crippen LogP contribution in [0.15, 0.2) is 75.1 Å². The maximum Gasteiger partial charge on any atom is 0.274 e. The smallest absolute Gasteiger partial charge is 0.274 e. The lowest BCUT2D eigenvalue weighted by Gasteiger charge is -2.11. The number of rotatable bonds is 7. The Morgan fingerprint density at radius 2 is 1.94 bits per heavy atom. The van der Waals surface area contributed by atoms with Gasteiger partial charge in [0.05, 0.1) is 11.4 Å². The van der Waals surface area contributed by atoms with Gasteiger partial charge in [0.25, 0.3) is 17.2 Å². The van der Waals surface area contributed by atoms with E-state index < -0.39 is 0 Å². The van der Waals surface area contributed by atoms with Gasteiger partial charge >= 0.3 is 0 Å². The van der Waals surface area contributed by atoms with Crippen LogP contribution in [0, 0.1) is 0 Å². The molecular formula is C22H20BrN5O2S. The molecule has 31 heavy (non-hydrogen) atoms. The Hall–Kier alpha value is -2.91. The summed E-state index contributed by atoms with van der Waals surface area (Å²) in [5, 5.41) is 2.96. The third-order valence-corrected chi connectivity index (χ3v) is 6.20. The van der Waals surface area contributed by atoms with Gasteiger partial charge in [-0.2, -0.15) is 9.50 Å². The van der Waals surface area contributed by atoms with Crippen LogP contribution < -0.4 is 10.9 Å². The van der Waals surface area contributed by atoms with E-state index in [0.29, 0.717) is 35.0 Å². The van der Waals surface area contributed by atoms with Gasteiger partial charge in [0, 0.05) is 33.3 Å². The number of nitrogens with zero attached hydrogens (tertiary/aromatic N) is 4. The molecular weight excluding hydrogens is 478 g/mol. The SMILES string of the molecule is CCCn1cnc2nc(CSc3ccccc3NC(=O)c3ccc(Br)cc3)cc(=O)n21. The minimum atomic E-state index is -0.181. The fourth-order valence-electron chi connectivity index (χ4n) is 3.11. The summed E-state index contributed by atoms with van der Waals surface area (Å²) in [6.45, 7) is 2.75. The highest BCUT2D eigenvalue weighted by molar-refractivity contribution is 9.10. The molecule has 0 atom stereocenters. The number of thioether (sulfide) groups is 1. The van der Waals surface area contributed by atoms with Crippen molar-refractivity contribution in [3.63, 3.8) is 0 Å². The molecule has 2 aromatic heterocycles. The Labute approximate surface area is 191 Å². The number of hydrogen-bond acceptors (Lipinski definition) is 5. The number of fused-ring (bicyclic) bond motifs is 1. The Morgan fingerprint density at radius 1 is 1.16 bits per heavy atom. The zero-order valence-electron chi connectivity index (χ0n) is 16.8. The number of para-hydroxylation sites is 1. The Bertz CT molecular complexity index is 1280. The van der Waals surface area contributed by atoms with Gasteiger partial charge in [0.2, 0.25) is 0 Å². The summed E-state index contributed by atoms with van der Waals surface area (Å²) in [5.74, 6) is 0.700. The van der Waals surface area contributed by atoms with Crippen molar-refractivity contribution < 1.29 is 4.79 Å². The van der Waals surface area contributed by atoms with Gasteiger partial charge in [-0.1, -0.05) is 35.0 Å². The van der Waals surface area contributed by atoms with E-state index in [1.54, 1.807) is 23.1 Å². The summed E-state index contributed by atoms with van der Waals surface area (Å²) in [6, 6.07) is 16.3. The summed E-state index contributed by atoms with van der Waals surface area (Å²) >= 11 is 4.88. The zero-order valence-corrected chi connectivity index (χ0v) is 19.2. The van der Waals surface area contributed by atoms with Crippen molar-refractivity contribution in [3.05, 3.63) is 87.0 Å². The summed E-state index contributed by atoms with van der Waals surface area (Å²) in [6.07, 6.45) is 2.54. The number of anilines is 1. The maximum absolute atomic E-state index is 12.6. The number of aryl methyl sites for hydroxylation is 1. The van der Waals surface area contributed by atoms with Gasteiger partial charge in [-0.3, -0.25) is 14.3 Å². The molecule has 9 heteroatoms. The third kappa shape index (κ3) is 4.88. The molecule has 4 aromatic rings. The molecule has 0 aliphatic rings. The van der Waals surface area contributed by atoms with E-state index in [1.807, 2.05) is 43.3 Å². The Morgan fingerprint density at radius 3 is 2.71 bits per heavy atom. The van der Waals surface area contributed by atoms with Crippen LogP contribution in [0.2, 0.25) is 0 Å². The highest BCUT2D eigenvalue weighted by atomic mass is 79.9. The normalized spacial score (nSPS) is 11.0. The molecule has 2 heterocycles. The van der Waals surface area contributed by atoms with Gasteiger partial charge in [0.15, 0.2) is 0 Å². The molecule has 0 fully saturated rings. The average molecular weight is 498 g/mol. The molecule has 4 rings (SSSR count). The van der Waals surface area contributed by atoms with E-state index in [4.69, 9.17) is 0 Å². The topological polar surface area (TPSA) is 81.3 Å². The molecule has 0 spiro atoms. The second-order valence-electron chi connectivity index (χ2n) is 6.85. The number of halogens is 1. The largest absolute Gasteiger partial charge is 0.321 e. The molecule has 1 amide bonds. The van der Waals surface area contributed by atoms with Crippen LogP contribution in [-0.4, -0.2) is 25.1 Å². The van der Waals surface area contributed by atoms with Gasteiger partial charge in [-0.15, -0.1) is 11.8 Å². The van der Waals surface area contributed by atoms with Crippen LogP contribution in [0.4, 0.5) is 5.69 Å². The highest BCUT2D eigenvalue weighted by Crippen LogP contribution is 2.29. The second kappa shape index (κ2) is 9.49. The fourth-order valence-corrected chi connectivity index (χ4v) is 4.27. The van der Waals surface area contributed by atoms with E-state index in [9.17, 15) is 9.59 Å². The van der Waals surface area contributed by atoms with Crippen molar-refractivity contribution in [3.8, 4) is 0 Å². The van der Waals surface area contributed by atoms with Crippen LogP contribution in [0.5, 0.6) is 0 Å². The third-order valence-electron chi connectivity index (χ3n) is 4.57. The number of carbonyl (C=O) groups is 1.